The minimum atomic E-state index is -0.104. The van der Waals surface area contributed by atoms with Crippen LogP contribution in [0, 0.1) is 6.92 Å². The van der Waals surface area contributed by atoms with Crippen LogP contribution in [0.1, 0.15) is 30.3 Å². The number of hydrogen-bond acceptors (Lipinski definition) is 7. The fraction of sp³-hybridized carbons (Fsp3) is 0.429. The van der Waals surface area contributed by atoms with Gasteiger partial charge in [-0.2, -0.15) is 9.97 Å². The van der Waals surface area contributed by atoms with E-state index in [1.165, 1.54) is 7.11 Å². The minimum absolute atomic E-state index is 0.104. The molecule has 2 aromatic heterocycles. The Hall–Kier alpha value is -2.64. The Bertz CT molecular complexity index is 738. The first-order valence-corrected chi connectivity index (χ1v) is 7.06. The first-order valence-electron chi connectivity index (χ1n) is 7.06. The van der Waals surface area contributed by atoms with Crippen LogP contribution < -0.4 is 21.3 Å². The maximum Gasteiger partial charge on any atom is 0.251 e. The van der Waals surface area contributed by atoms with Crippen molar-refractivity contribution in [3.05, 3.63) is 34.0 Å². The van der Waals surface area contributed by atoms with Gasteiger partial charge in [-0.15, -0.1) is 0 Å². The van der Waals surface area contributed by atoms with Gasteiger partial charge in [-0.25, -0.2) is 4.98 Å². The van der Waals surface area contributed by atoms with Crippen LogP contribution in [0.2, 0.25) is 0 Å². The normalized spacial score (nSPS) is 20.3. The number of nitrogens with two attached hydrogens (primary N) is 1. The summed E-state index contributed by atoms with van der Waals surface area (Å²) in [6.45, 7) is 1.79. The van der Waals surface area contributed by atoms with E-state index in [1.807, 2.05) is 0 Å². The number of nitrogen functional groups attached to an aromatic ring is 1. The molecule has 0 amide bonds. The SMILES string of the molecule is COc1cc(NC2CC(c3cc(=O)[nH]c(C)n3)C2)nc(N)n1. The molecule has 1 aliphatic carbocycles. The highest BCUT2D eigenvalue weighted by Crippen LogP contribution is 2.37. The van der Waals surface area contributed by atoms with Crippen LogP contribution in [0.5, 0.6) is 5.88 Å². The maximum absolute atomic E-state index is 11.5. The molecule has 22 heavy (non-hydrogen) atoms. The van der Waals surface area contributed by atoms with Crippen LogP contribution in [0.3, 0.4) is 0 Å². The number of aryl methyl sites for hydroxylation is 1. The number of nitrogens with zero attached hydrogens (tertiary/aromatic N) is 3. The fourth-order valence-corrected chi connectivity index (χ4v) is 2.62. The highest BCUT2D eigenvalue weighted by Gasteiger charge is 2.32. The zero-order valence-electron chi connectivity index (χ0n) is 12.5. The van der Waals surface area contributed by atoms with Gasteiger partial charge in [0.25, 0.3) is 5.56 Å². The third kappa shape index (κ3) is 3.00. The van der Waals surface area contributed by atoms with Gasteiger partial charge in [-0.1, -0.05) is 0 Å². The molecule has 0 aliphatic heterocycles. The van der Waals surface area contributed by atoms with Crippen LogP contribution >= 0.6 is 0 Å². The van der Waals surface area contributed by atoms with Gasteiger partial charge in [-0.05, 0) is 19.8 Å². The molecule has 0 aromatic carbocycles. The number of H-pyrrole nitrogens is 1. The third-order valence-corrected chi connectivity index (χ3v) is 3.72. The Balaban J connectivity index is 1.64. The van der Waals surface area contributed by atoms with Crippen LogP contribution in [-0.4, -0.2) is 33.1 Å². The lowest BCUT2D eigenvalue weighted by Gasteiger charge is -2.35. The van der Waals surface area contributed by atoms with Gasteiger partial charge in [0.05, 0.1) is 12.8 Å². The van der Waals surface area contributed by atoms with Gasteiger partial charge < -0.3 is 20.8 Å². The quantitative estimate of drug-likeness (QED) is 0.764. The van der Waals surface area contributed by atoms with E-state index in [9.17, 15) is 4.79 Å². The van der Waals surface area contributed by atoms with Gasteiger partial charge in [-0.3, -0.25) is 4.79 Å². The van der Waals surface area contributed by atoms with Crippen LogP contribution in [0.25, 0.3) is 0 Å². The van der Waals surface area contributed by atoms with Crippen LogP contribution in [0.4, 0.5) is 11.8 Å². The van der Waals surface area contributed by atoms with Crippen molar-refractivity contribution in [2.75, 3.05) is 18.2 Å². The van der Waals surface area contributed by atoms with Gasteiger partial charge in [0.2, 0.25) is 11.8 Å². The molecular weight excluding hydrogens is 284 g/mol. The topological polar surface area (TPSA) is 119 Å². The third-order valence-electron chi connectivity index (χ3n) is 3.72. The van der Waals surface area contributed by atoms with Crippen LogP contribution in [0.15, 0.2) is 16.9 Å². The van der Waals surface area contributed by atoms with Crippen molar-refractivity contribution in [1.29, 1.82) is 0 Å². The van der Waals surface area contributed by atoms with E-state index in [4.69, 9.17) is 10.5 Å². The summed E-state index contributed by atoms with van der Waals surface area (Å²) in [5.74, 6) is 2.18. The van der Waals surface area contributed by atoms with Crippen molar-refractivity contribution >= 4 is 11.8 Å². The summed E-state index contributed by atoms with van der Waals surface area (Å²) in [5.41, 5.74) is 6.37. The molecule has 1 saturated carbocycles. The molecule has 0 unspecified atom stereocenters. The molecule has 1 fully saturated rings. The van der Waals surface area contributed by atoms with Crippen molar-refractivity contribution in [2.24, 2.45) is 0 Å². The van der Waals surface area contributed by atoms with Gasteiger partial charge >= 0.3 is 0 Å². The maximum atomic E-state index is 11.5. The van der Waals surface area contributed by atoms with E-state index in [1.54, 1.807) is 19.1 Å². The molecule has 8 nitrogen and oxygen atoms in total. The predicted octanol–water partition coefficient (Wildman–Crippen LogP) is 0.817. The number of methoxy groups -OCH3 is 1. The molecule has 3 rings (SSSR count). The number of aromatic amines is 1. The smallest absolute Gasteiger partial charge is 0.251 e. The number of nitrogens with one attached hydrogen (secondary N) is 2. The highest BCUT2D eigenvalue weighted by atomic mass is 16.5. The lowest BCUT2D eigenvalue weighted by Crippen LogP contribution is -2.35. The molecule has 0 saturated heterocycles. The summed E-state index contributed by atoms with van der Waals surface area (Å²) in [5, 5.41) is 3.30. The van der Waals surface area contributed by atoms with E-state index >= 15 is 0 Å². The number of aromatic nitrogens is 4. The summed E-state index contributed by atoms with van der Waals surface area (Å²) in [7, 11) is 1.53. The van der Waals surface area contributed by atoms with Crippen molar-refractivity contribution in [3.63, 3.8) is 0 Å². The molecular formula is C14H18N6O2. The van der Waals surface area contributed by atoms with Crippen molar-refractivity contribution in [3.8, 4) is 5.88 Å². The van der Waals surface area contributed by atoms with Crippen molar-refractivity contribution in [1.82, 2.24) is 19.9 Å². The monoisotopic (exact) mass is 302 g/mol. The van der Waals surface area contributed by atoms with Gasteiger partial charge in [0.1, 0.15) is 11.6 Å². The Labute approximate surface area is 127 Å². The first-order chi connectivity index (χ1) is 10.5. The van der Waals surface area contributed by atoms with E-state index in [2.05, 4.69) is 25.3 Å². The molecule has 116 valence electrons. The van der Waals surface area contributed by atoms with E-state index < -0.39 is 0 Å². The zero-order chi connectivity index (χ0) is 15.7. The van der Waals surface area contributed by atoms with E-state index in [0.717, 1.165) is 18.5 Å². The zero-order valence-corrected chi connectivity index (χ0v) is 12.5. The average Bonchev–Trinajstić information content (AvgIpc) is 2.40. The lowest BCUT2D eigenvalue weighted by atomic mass is 9.78. The van der Waals surface area contributed by atoms with Crippen molar-refractivity contribution in [2.45, 2.75) is 31.7 Å². The number of hydrogen-bond donors (Lipinski definition) is 3. The van der Waals surface area contributed by atoms with Crippen molar-refractivity contribution < 1.29 is 4.74 Å². The average molecular weight is 302 g/mol. The Morgan fingerprint density at radius 3 is 2.77 bits per heavy atom. The fourth-order valence-electron chi connectivity index (χ4n) is 2.62. The molecule has 2 heterocycles. The molecule has 0 bridgehead atoms. The number of rotatable bonds is 4. The highest BCUT2D eigenvalue weighted by molar-refractivity contribution is 5.44. The second-order valence-electron chi connectivity index (χ2n) is 5.42. The number of anilines is 2. The van der Waals surface area contributed by atoms with E-state index in [-0.39, 0.29) is 17.5 Å². The van der Waals surface area contributed by atoms with E-state index in [0.29, 0.717) is 23.4 Å². The summed E-state index contributed by atoms with van der Waals surface area (Å²) in [6, 6.07) is 3.55. The predicted molar refractivity (Wildman–Crippen MR) is 82.0 cm³/mol. The Kier molecular flexibility index (Phi) is 3.66. The van der Waals surface area contributed by atoms with Gasteiger partial charge in [0.15, 0.2) is 0 Å². The van der Waals surface area contributed by atoms with Gasteiger partial charge in [0, 0.05) is 24.1 Å². The first kappa shape index (κ1) is 14.3. The molecule has 4 N–H and O–H groups in total. The molecule has 0 spiro atoms. The molecule has 8 heteroatoms. The second-order valence-corrected chi connectivity index (χ2v) is 5.42. The lowest BCUT2D eigenvalue weighted by molar-refractivity contribution is 0.364. The standard InChI is InChI=1S/C14H18N6O2/c1-7-16-10(5-12(21)17-7)8-3-9(4-8)18-11-6-13(22-2)20-14(15)19-11/h5-6,8-9H,3-4H2,1-2H3,(H,16,17,21)(H3,15,18,19,20). The Morgan fingerprint density at radius 1 is 1.32 bits per heavy atom. The van der Waals surface area contributed by atoms with Crippen LogP contribution in [-0.2, 0) is 0 Å². The summed E-state index contributed by atoms with van der Waals surface area (Å²) in [6.07, 6.45) is 1.78. The molecule has 0 atom stereocenters. The summed E-state index contributed by atoms with van der Waals surface area (Å²) < 4.78 is 5.07. The minimum Gasteiger partial charge on any atom is -0.481 e. The number of ether oxygens (including phenoxy) is 1. The molecule has 0 radical (unpaired) electrons. The molecule has 1 aliphatic rings. The second kappa shape index (κ2) is 5.63. The largest absolute Gasteiger partial charge is 0.481 e. The molecule has 2 aromatic rings. The Morgan fingerprint density at radius 2 is 2.09 bits per heavy atom. The summed E-state index contributed by atoms with van der Waals surface area (Å²) >= 11 is 0. The summed E-state index contributed by atoms with van der Waals surface area (Å²) in [4.78, 5) is 26.6.